The van der Waals surface area contributed by atoms with Gasteiger partial charge in [-0.05, 0) is 20.8 Å². The van der Waals surface area contributed by atoms with Crippen LogP contribution in [0.25, 0.3) is 10.3 Å². The number of aromatic nitrogens is 2. The first-order chi connectivity index (χ1) is 10.7. The number of nitrogens with one attached hydrogen (secondary N) is 1. The average molecular weight is 339 g/mol. The van der Waals surface area contributed by atoms with Gasteiger partial charge >= 0.3 is 12.1 Å². The first-order valence-corrected chi connectivity index (χ1v) is 7.49. The van der Waals surface area contributed by atoms with E-state index in [4.69, 9.17) is 9.47 Å². The molecule has 2 aromatic rings. The third-order valence-corrected chi connectivity index (χ3v) is 3.42. The van der Waals surface area contributed by atoms with Gasteiger partial charge in [0.1, 0.15) is 21.7 Å². The molecular weight excluding hydrogens is 322 g/mol. The SMILES string of the molecule is COC(=O)c1cc(OC)c2nc(NC(=O)OC(C)(C)C)sc2n1. The number of carbonyl (C=O) groups is 2. The molecule has 0 aliphatic rings. The zero-order valence-corrected chi connectivity index (χ0v) is 14.2. The summed E-state index contributed by atoms with van der Waals surface area (Å²) < 4.78 is 15.0. The lowest BCUT2D eigenvalue weighted by atomic mass is 10.2. The monoisotopic (exact) mass is 339 g/mol. The van der Waals surface area contributed by atoms with Crippen molar-refractivity contribution in [3.05, 3.63) is 11.8 Å². The topological polar surface area (TPSA) is 99.6 Å². The Labute approximate surface area is 136 Å². The van der Waals surface area contributed by atoms with Crippen molar-refractivity contribution in [1.29, 1.82) is 0 Å². The summed E-state index contributed by atoms with van der Waals surface area (Å²) in [7, 11) is 2.72. The molecule has 2 rings (SSSR count). The maximum absolute atomic E-state index is 11.8. The molecule has 0 aliphatic carbocycles. The van der Waals surface area contributed by atoms with Crippen molar-refractivity contribution in [3.63, 3.8) is 0 Å². The Morgan fingerprint density at radius 1 is 1.22 bits per heavy atom. The van der Waals surface area contributed by atoms with Gasteiger partial charge in [-0.25, -0.2) is 19.6 Å². The molecule has 0 atom stereocenters. The highest BCUT2D eigenvalue weighted by Gasteiger charge is 2.20. The molecule has 0 saturated carbocycles. The third kappa shape index (κ3) is 4.07. The van der Waals surface area contributed by atoms with E-state index in [0.29, 0.717) is 21.2 Å². The second kappa shape index (κ2) is 6.37. The molecule has 8 nitrogen and oxygen atoms in total. The quantitative estimate of drug-likeness (QED) is 0.858. The van der Waals surface area contributed by atoms with Gasteiger partial charge in [-0.3, -0.25) is 5.32 Å². The zero-order valence-electron chi connectivity index (χ0n) is 13.4. The van der Waals surface area contributed by atoms with E-state index in [1.165, 1.54) is 20.3 Å². The van der Waals surface area contributed by atoms with E-state index in [2.05, 4.69) is 20.0 Å². The van der Waals surface area contributed by atoms with Crippen molar-refractivity contribution in [2.24, 2.45) is 0 Å². The first kappa shape index (κ1) is 16.9. The summed E-state index contributed by atoms with van der Waals surface area (Å²) in [5, 5.41) is 2.83. The Balaban J connectivity index is 2.34. The number of esters is 1. The second-order valence-electron chi connectivity index (χ2n) is 5.50. The van der Waals surface area contributed by atoms with Gasteiger partial charge in [-0.1, -0.05) is 11.3 Å². The van der Waals surface area contributed by atoms with Crippen LogP contribution in [0.1, 0.15) is 31.3 Å². The van der Waals surface area contributed by atoms with Crippen LogP contribution in [0.4, 0.5) is 9.93 Å². The molecule has 0 fully saturated rings. The molecule has 1 amide bonds. The second-order valence-corrected chi connectivity index (χ2v) is 6.48. The Kier molecular flexibility index (Phi) is 4.69. The van der Waals surface area contributed by atoms with Gasteiger partial charge in [-0.2, -0.15) is 0 Å². The van der Waals surface area contributed by atoms with Gasteiger partial charge < -0.3 is 14.2 Å². The molecule has 0 aromatic carbocycles. The molecule has 0 spiro atoms. The highest BCUT2D eigenvalue weighted by molar-refractivity contribution is 7.22. The van der Waals surface area contributed by atoms with Gasteiger partial charge in [0.2, 0.25) is 0 Å². The van der Waals surface area contributed by atoms with Crippen LogP contribution < -0.4 is 10.1 Å². The number of rotatable bonds is 3. The summed E-state index contributed by atoms with van der Waals surface area (Å²) >= 11 is 1.10. The Bertz CT molecular complexity index is 751. The van der Waals surface area contributed by atoms with Crippen molar-refractivity contribution in [1.82, 2.24) is 9.97 Å². The van der Waals surface area contributed by atoms with Crippen molar-refractivity contribution >= 4 is 38.9 Å². The smallest absolute Gasteiger partial charge is 0.413 e. The number of hydrogen-bond acceptors (Lipinski definition) is 8. The van der Waals surface area contributed by atoms with Crippen molar-refractivity contribution in [2.45, 2.75) is 26.4 Å². The molecule has 2 heterocycles. The minimum absolute atomic E-state index is 0.101. The van der Waals surface area contributed by atoms with Crippen LogP contribution in [0.5, 0.6) is 5.75 Å². The maximum atomic E-state index is 11.8. The van der Waals surface area contributed by atoms with Crippen LogP contribution in [-0.2, 0) is 9.47 Å². The number of anilines is 1. The number of pyridine rings is 1. The van der Waals surface area contributed by atoms with E-state index in [0.717, 1.165) is 11.3 Å². The largest absolute Gasteiger partial charge is 0.494 e. The predicted octanol–water partition coefficient (Wildman–Crippen LogP) is 2.83. The summed E-state index contributed by atoms with van der Waals surface area (Å²) in [6.45, 7) is 5.29. The molecule has 1 N–H and O–H groups in total. The van der Waals surface area contributed by atoms with E-state index in [1.54, 1.807) is 20.8 Å². The van der Waals surface area contributed by atoms with Crippen LogP contribution >= 0.6 is 11.3 Å². The summed E-state index contributed by atoms with van der Waals surface area (Å²) in [4.78, 5) is 32.3. The van der Waals surface area contributed by atoms with Crippen LogP contribution in [-0.4, -0.2) is 41.9 Å². The number of carbonyl (C=O) groups excluding carboxylic acids is 2. The highest BCUT2D eigenvalue weighted by Crippen LogP contribution is 2.32. The standard InChI is InChI=1S/C14H17N3O5S/c1-14(2,3)22-13(19)17-12-16-9-8(20-4)6-7(11(18)21-5)15-10(9)23-12/h6H,1-5H3,(H,16,17,19). The molecule has 0 saturated heterocycles. The number of ether oxygens (including phenoxy) is 3. The van der Waals surface area contributed by atoms with Crippen molar-refractivity contribution < 1.29 is 23.8 Å². The van der Waals surface area contributed by atoms with Gasteiger partial charge in [0.25, 0.3) is 0 Å². The van der Waals surface area contributed by atoms with E-state index in [9.17, 15) is 9.59 Å². The lowest BCUT2D eigenvalue weighted by Gasteiger charge is -2.18. The number of methoxy groups -OCH3 is 2. The van der Waals surface area contributed by atoms with E-state index in [-0.39, 0.29) is 5.69 Å². The maximum Gasteiger partial charge on any atom is 0.413 e. The molecule has 9 heteroatoms. The van der Waals surface area contributed by atoms with Gasteiger partial charge in [0, 0.05) is 6.07 Å². The van der Waals surface area contributed by atoms with Crippen molar-refractivity contribution in [2.75, 3.05) is 19.5 Å². The molecule has 0 radical (unpaired) electrons. The number of hydrogen-bond donors (Lipinski definition) is 1. The van der Waals surface area contributed by atoms with Crippen LogP contribution in [0.3, 0.4) is 0 Å². The number of nitrogens with zero attached hydrogens (tertiary/aromatic N) is 2. The molecule has 2 aromatic heterocycles. The lowest BCUT2D eigenvalue weighted by Crippen LogP contribution is -2.27. The number of amides is 1. The summed E-state index contributed by atoms with van der Waals surface area (Å²) in [6.07, 6.45) is -0.622. The van der Waals surface area contributed by atoms with Gasteiger partial charge in [-0.15, -0.1) is 0 Å². The van der Waals surface area contributed by atoms with E-state index >= 15 is 0 Å². The fourth-order valence-corrected chi connectivity index (χ4v) is 2.53. The van der Waals surface area contributed by atoms with Crippen LogP contribution in [0.15, 0.2) is 6.07 Å². The first-order valence-electron chi connectivity index (χ1n) is 6.67. The number of thiazole rings is 1. The Morgan fingerprint density at radius 2 is 1.91 bits per heavy atom. The third-order valence-electron chi connectivity index (χ3n) is 2.55. The fourth-order valence-electron chi connectivity index (χ4n) is 1.69. The summed E-state index contributed by atoms with van der Waals surface area (Å²) in [6, 6.07) is 1.44. The molecule has 23 heavy (non-hydrogen) atoms. The summed E-state index contributed by atoms with van der Waals surface area (Å²) in [5.74, 6) is -0.218. The Morgan fingerprint density at radius 3 is 2.48 bits per heavy atom. The molecule has 0 bridgehead atoms. The molecular formula is C14H17N3O5S. The fraction of sp³-hybridized carbons (Fsp3) is 0.429. The van der Waals surface area contributed by atoms with E-state index < -0.39 is 17.7 Å². The highest BCUT2D eigenvalue weighted by atomic mass is 32.1. The van der Waals surface area contributed by atoms with Crippen molar-refractivity contribution in [3.8, 4) is 5.75 Å². The van der Waals surface area contributed by atoms with Gasteiger partial charge in [0.05, 0.1) is 14.2 Å². The number of fused-ring (bicyclic) bond motifs is 1. The van der Waals surface area contributed by atoms with E-state index in [1.807, 2.05) is 0 Å². The lowest BCUT2D eigenvalue weighted by molar-refractivity contribution is 0.0592. The predicted molar refractivity (Wildman–Crippen MR) is 85.2 cm³/mol. The minimum atomic E-state index is -0.622. The van der Waals surface area contributed by atoms with Crippen LogP contribution in [0.2, 0.25) is 0 Å². The molecule has 0 aliphatic heterocycles. The van der Waals surface area contributed by atoms with Crippen LogP contribution in [0, 0.1) is 0 Å². The minimum Gasteiger partial charge on any atom is -0.494 e. The normalized spacial score (nSPS) is 11.2. The zero-order chi connectivity index (χ0) is 17.2. The average Bonchev–Trinajstić information content (AvgIpc) is 2.85. The summed E-state index contributed by atoms with van der Waals surface area (Å²) in [5.41, 5.74) is -0.0742. The van der Waals surface area contributed by atoms with Gasteiger partial charge in [0.15, 0.2) is 10.8 Å². The molecule has 124 valence electrons. The molecule has 0 unspecified atom stereocenters. The Hall–Kier alpha value is -2.42.